The number of nitrogens with zero attached hydrogens (tertiary/aromatic N) is 2. The lowest BCUT2D eigenvalue weighted by Gasteiger charge is -2.17. The normalized spacial score (nSPS) is 17.4. The Balaban J connectivity index is 1.94. The van der Waals surface area contributed by atoms with Crippen molar-refractivity contribution in [3.63, 3.8) is 0 Å². The highest BCUT2D eigenvalue weighted by Gasteiger charge is 2.33. The van der Waals surface area contributed by atoms with Crippen LogP contribution in [-0.2, 0) is 4.79 Å². The van der Waals surface area contributed by atoms with Gasteiger partial charge in [0.1, 0.15) is 5.75 Å². The van der Waals surface area contributed by atoms with E-state index in [1.165, 1.54) is 11.8 Å². The summed E-state index contributed by atoms with van der Waals surface area (Å²) in [6, 6.07) is 15.0. The van der Waals surface area contributed by atoms with Crippen LogP contribution in [0.3, 0.4) is 0 Å². The van der Waals surface area contributed by atoms with Gasteiger partial charge < -0.3 is 4.74 Å². The molecule has 0 radical (unpaired) electrons. The van der Waals surface area contributed by atoms with Gasteiger partial charge in [-0.15, -0.1) is 0 Å². The molecular weight excluding hydrogens is 380 g/mol. The maximum atomic E-state index is 13.0. The summed E-state index contributed by atoms with van der Waals surface area (Å²) < 4.78 is 5.18. The van der Waals surface area contributed by atoms with Gasteiger partial charge in [-0.1, -0.05) is 49.7 Å². The minimum Gasteiger partial charge on any atom is -0.497 e. The quantitative estimate of drug-likeness (QED) is 0.612. The molecule has 1 aliphatic heterocycles. The zero-order chi connectivity index (χ0) is 19.4. The largest absolute Gasteiger partial charge is 0.497 e. The molecule has 0 aliphatic carbocycles. The summed E-state index contributed by atoms with van der Waals surface area (Å²) in [5.41, 5.74) is 1.60. The lowest BCUT2D eigenvalue weighted by Crippen LogP contribution is -2.32. The zero-order valence-electron chi connectivity index (χ0n) is 15.5. The van der Waals surface area contributed by atoms with Crippen molar-refractivity contribution >= 4 is 46.2 Å². The van der Waals surface area contributed by atoms with Crippen LogP contribution in [0, 0.1) is 5.92 Å². The van der Waals surface area contributed by atoms with E-state index < -0.39 is 0 Å². The number of hydrogen-bond acceptors (Lipinski definition) is 4. The molecule has 1 heterocycles. The van der Waals surface area contributed by atoms with Crippen molar-refractivity contribution in [2.45, 2.75) is 13.8 Å². The van der Waals surface area contributed by atoms with Gasteiger partial charge in [0.25, 0.3) is 5.91 Å². The Bertz CT molecular complexity index is 891. The molecule has 140 valence electrons. The van der Waals surface area contributed by atoms with Gasteiger partial charge in [0, 0.05) is 6.54 Å². The molecule has 2 aromatic rings. The van der Waals surface area contributed by atoms with Crippen molar-refractivity contribution in [1.29, 1.82) is 0 Å². The van der Waals surface area contributed by atoms with Gasteiger partial charge >= 0.3 is 0 Å². The number of rotatable bonds is 5. The standard InChI is InChI=1S/C21H21ClN2O2S/c1-14(2)13-24-20(25)19(12-15-8-10-16(26-3)11-9-15)27-21(24)23-18-7-5-4-6-17(18)22/h4-12,14H,13H2,1-3H3/b19-12+,23-21?. The van der Waals surface area contributed by atoms with E-state index >= 15 is 0 Å². The summed E-state index contributed by atoms with van der Waals surface area (Å²) in [5.74, 6) is 1.08. The van der Waals surface area contributed by atoms with Gasteiger partial charge in [0.2, 0.25) is 0 Å². The number of amidine groups is 1. The van der Waals surface area contributed by atoms with Crippen LogP contribution < -0.4 is 4.74 Å². The molecule has 27 heavy (non-hydrogen) atoms. The van der Waals surface area contributed by atoms with E-state index in [1.54, 1.807) is 18.1 Å². The first-order valence-corrected chi connectivity index (χ1v) is 9.86. The average molecular weight is 401 g/mol. The second kappa shape index (κ2) is 8.63. The van der Waals surface area contributed by atoms with Crippen molar-refractivity contribution in [1.82, 2.24) is 4.90 Å². The topological polar surface area (TPSA) is 41.9 Å². The number of halogens is 1. The molecule has 4 nitrogen and oxygen atoms in total. The zero-order valence-corrected chi connectivity index (χ0v) is 17.1. The van der Waals surface area contributed by atoms with Gasteiger partial charge in [0.15, 0.2) is 5.17 Å². The van der Waals surface area contributed by atoms with Crippen LogP contribution in [0.15, 0.2) is 58.4 Å². The van der Waals surface area contributed by atoms with Gasteiger partial charge in [-0.25, -0.2) is 4.99 Å². The van der Waals surface area contributed by atoms with E-state index in [-0.39, 0.29) is 5.91 Å². The molecule has 0 bridgehead atoms. The molecule has 2 aromatic carbocycles. The fraction of sp³-hybridized carbons (Fsp3) is 0.238. The lowest BCUT2D eigenvalue weighted by molar-refractivity contribution is -0.122. The second-order valence-electron chi connectivity index (χ2n) is 6.54. The molecule has 6 heteroatoms. The lowest BCUT2D eigenvalue weighted by atomic mass is 10.2. The number of methoxy groups -OCH3 is 1. The maximum absolute atomic E-state index is 13.0. The van der Waals surface area contributed by atoms with E-state index in [0.717, 1.165) is 11.3 Å². The molecule has 1 amide bonds. The fourth-order valence-electron chi connectivity index (χ4n) is 2.61. The SMILES string of the molecule is COc1ccc(/C=C2/SC(=Nc3ccccc3Cl)N(CC(C)C)C2=O)cc1. The van der Waals surface area contributed by atoms with Gasteiger partial charge in [0.05, 0.1) is 22.7 Å². The fourth-order valence-corrected chi connectivity index (χ4v) is 3.79. The summed E-state index contributed by atoms with van der Waals surface area (Å²) in [4.78, 5) is 20.0. The third-order valence-electron chi connectivity index (χ3n) is 3.92. The van der Waals surface area contributed by atoms with Crippen molar-refractivity contribution < 1.29 is 9.53 Å². The van der Waals surface area contributed by atoms with Crippen LogP contribution in [0.1, 0.15) is 19.4 Å². The Morgan fingerprint density at radius 1 is 1.19 bits per heavy atom. The molecule has 1 fully saturated rings. The Morgan fingerprint density at radius 2 is 1.89 bits per heavy atom. The predicted molar refractivity (Wildman–Crippen MR) is 114 cm³/mol. The molecule has 0 atom stereocenters. The molecule has 0 unspecified atom stereocenters. The minimum atomic E-state index is -0.0321. The molecule has 0 N–H and O–H groups in total. The molecule has 1 aliphatic rings. The van der Waals surface area contributed by atoms with Crippen LogP contribution in [-0.4, -0.2) is 29.6 Å². The number of benzene rings is 2. The third-order valence-corrected chi connectivity index (χ3v) is 5.24. The summed E-state index contributed by atoms with van der Waals surface area (Å²) in [6.45, 7) is 4.77. The summed E-state index contributed by atoms with van der Waals surface area (Å²) in [6.07, 6.45) is 1.88. The molecule has 0 saturated carbocycles. The molecule has 1 saturated heterocycles. The van der Waals surface area contributed by atoms with E-state index in [4.69, 9.17) is 16.3 Å². The number of para-hydroxylation sites is 1. The van der Waals surface area contributed by atoms with Crippen molar-refractivity contribution in [3.05, 3.63) is 64.0 Å². The van der Waals surface area contributed by atoms with E-state index in [2.05, 4.69) is 18.8 Å². The smallest absolute Gasteiger partial charge is 0.266 e. The predicted octanol–water partition coefficient (Wildman–Crippen LogP) is 5.61. The monoisotopic (exact) mass is 400 g/mol. The van der Waals surface area contributed by atoms with Crippen LogP contribution >= 0.6 is 23.4 Å². The minimum absolute atomic E-state index is 0.0321. The number of hydrogen-bond donors (Lipinski definition) is 0. The molecular formula is C21H21ClN2O2S. The van der Waals surface area contributed by atoms with Gasteiger partial charge in [-0.05, 0) is 53.6 Å². The first-order chi connectivity index (χ1) is 13.0. The second-order valence-corrected chi connectivity index (χ2v) is 7.96. The highest BCUT2D eigenvalue weighted by atomic mass is 35.5. The summed E-state index contributed by atoms with van der Waals surface area (Å²) in [5, 5.41) is 1.22. The molecule has 0 aromatic heterocycles. The third kappa shape index (κ3) is 4.73. The number of carbonyl (C=O) groups excluding carboxylic acids is 1. The first-order valence-electron chi connectivity index (χ1n) is 8.66. The van der Waals surface area contributed by atoms with Crippen molar-refractivity contribution in [2.75, 3.05) is 13.7 Å². The van der Waals surface area contributed by atoms with Crippen LogP contribution in [0.25, 0.3) is 6.08 Å². The Hall–Kier alpha value is -2.24. The molecule has 0 spiro atoms. The maximum Gasteiger partial charge on any atom is 0.266 e. The number of carbonyl (C=O) groups is 1. The highest BCUT2D eigenvalue weighted by Crippen LogP contribution is 2.36. The Kier molecular flexibility index (Phi) is 6.24. The number of amides is 1. The van der Waals surface area contributed by atoms with Crippen LogP contribution in [0.5, 0.6) is 5.75 Å². The van der Waals surface area contributed by atoms with Crippen molar-refractivity contribution in [3.8, 4) is 5.75 Å². The van der Waals surface area contributed by atoms with E-state index in [9.17, 15) is 4.79 Å². The summed E-state index contributed by atoms with van der Waals surface area (Å²) in [7, 11) is 1.63. The van der Waals surface area contributed by atoms with Gasteiger partial charge in [-0.3, -0.25) is 9.69 Å². The van der Waals surface area contributed by atoms with Crippen LogP contribution in [0.4, 0.5) is 5.69 Å². The van der Waals surface area contributed by atoms with Crippen molar-refractivity contribution in [2.24, 2.45) is 10.9 Å². The number of aliphatic imine (C=N–C) groups is 1. The Morgan fingerprint density at radius 3 is 2.52 bits per heavy atom. The van der Waals surface area contributed by atoms with E-state index in [0.29, 0.717) is 33.2 Å². The number of thioether (sulfide) groups is 1. The van der Waals surface area contributed by atoms with E-state index in [1.807, 2.05) is 48.5 Å². The Labute approximate surface area is 168 Å². The first kappa shape index (κ1) is 19.5. The van der Waals surface area contributed by atoms with Gasteiger partial charge in [-0.2, -0.15) is 0 Å². The summed E-state index contributed by atoms with van der Waals surface area (Å²) >= 11 is 7.62. The average Bonchev–Trinajstić information content (AvgIpc) is 2.92. The molecule has 3 rings (SSSR count). The van der Waals surface area contributed by atoms with Crippen LogP contribution in [0.2, 0.25) is 5.02 Å². The highest BCUT2D eigenvalue weighted by molar-refractivity contribution is 8.18. The number of ether oxygens (including phenoxy) is 1.